The van der Waals surface area contributed by atoms with E-state index in [2.05, 4.69) is 26.6 Å². The predicted octanol–water partition coefficient (Wildman–Crippen LogP) is 2.00. The molecular weight excluding hydrogens is 320 g/mol. The van der Waals surface area contributed by atoms with Crippen molar-refractivity contribution in [1.29, 1.82) is 0 Å². The van der Waals surface area contributed by atoms with Crippen LogP contribution in [-0.4, -0.2) is 24.0 Å². The minimum absolute atomic E-state index is 0.162. The van der Waals surface area contributed by atoms with Gasteiger partial charge in [0.05, 0.1) is 12.1 Å². The Labute approximate surface area is 143 Å². The van der Waals surface area contributed by atoms with Crippen LogP contribution in [0, 0.1) is 11.8 Å². The Morgan fingerprint density at radius 3 is 2.88 bits per heavy atom. The Hall–Kier alpha value is -3.59. The third-order valence-electron chi connectivity index (χ3n) is 3.32. The van der Waals surface area contributed by atoms with E-state index < -0.39 is 5.63 Å². The lowest BCUT2D eigenvalue weighted by Crippen LogP contribution is -2.23. The molecule has 1 N–H and O–H groups in total. The van der Waals surface area contributed by atoms with E-state index in [9.17, 15) is 9.59 Å². The quantitative estimate of drug-likeness (QED) is 0.738. The van der Waals surface area contributed by atoms with Crippen LogP contribution < -0.4 is 15.7 Å². The van der Waals surface area contributed by atoms with Gasteiger partial charge in [-0.3, -0.25) is 9.78 Å². The van der Waals surface area contributed by atoms with Gasteiger partial charge in [0.1, 0.15) is 24.1 Å². The van der Waals surface area contributed by atoms with Crippen LogP contribution in [0.1, 0.15) is 10.4 Å². The number of benzene rings is 1. The second-order valence-electron chi connectivity index (χ2n) is 5.00. The molecule has 2 aromatic heterocycles. The van der Waals surface area contributed by atoms with Crippen molar-refractivity contribution >= 4 is 16.8 Å². The van der Waals surface area contributed by atoms with E-state index in [1.54, 1.807) is 6.20 Å². The van der Waals surface area contributed by atoms with E-state index in [0.29, 0.717) is 5.75 Å². The van der Waals surface area contributed by atoms with Gasteiger partial charge in [-0.1, -0.05) is 30.0 Å². The molecule has 0 bridgehead atoms. The normalized spacial score (nSPS) is 9.92. The average Bonchev–Trinajstić information content (AvgIpc) is 2.65. The lowest BCUT2D eigenvalue weighted by molar-refractivity contribution is 0.0956. The molecule has 2 heterocycles. The Balaban J connectivity index is 1.50. The van der Waals surface area contributed by atoms with Crippen LogP contribution >= 0.6 is 0 Å². The molecule has 0 saturated heterocycles. The fourth-order valence-corrected chi connectivity index (χ4v) is 2.13. The summed E-state index contributed by atoms with van der Waals surface area (Å²) in [6.45, 7) is 0.348. The highest BCUT2D eigenvalue weighted by Crippen LogP contribution is 2.22. The molecule has 0 atom stereocenters. The van der Waals surface area contributed by atoms with E-state index in [-0.39, 0.29) is 24.6 Å². The molecule has 3 aromatic rings. The van der Waals surface area contributed by atoms with Gasteiger partial charge < -0.3 is 14.5 Å². The number of carbonyl (C=O) groups excluding carboxylic acids is 1. The zero-order chi connectivity index (χ0) is 17.5. The Bertz CT molecular complexity index is 989. The topological polar surface area (TPSA) is 81.4 Å². The van der Waals surface area contributed by atoms with E-state index in [1.165, 1.54) is 12.1 Å². The largest absolute Gasteiger partial charge is 0.479 e. The molecule has 3 rings (SSSR count). The van der Waals surface area contributed by atoms with Crippen LogP contribution in [0.4, 0.5) is 0 Å². The van der Waals surface area contributed by atoms with Gasteiger partial charge in [-0.05, 0) is 18.2 Å². The van der Waals surface area contributed by atoms with E-state index in [4.69, 9.17) is 4.74 Å². The van der Waals surface area contributed by atoms with Crippen LogP contribution in [0.2, 0.25) is 0 Å². The molecule has 6 heteroatoms. The predicted molar refractivity (Wildman–Crippen MR) is 92.3 cm³/mol. The first-order valence-electron chi connectivity index (χ1n) is 7.53. The first kappa shape index (κ1) is 16.3. The SMILES string of the molecule is O=C(NCC#CCOc1cccc2cccnc12)c1ccc(=O)oc1. The monoisotopic (exact) mass is 334 g/mol. The van der Waals surface area contributed by atoms with Crippen molar-refractivity contribution in [3.8, 4) is 17.6 Å². The Kier molecular flexibility index (Phi) is 5.07. The van der Waals surface area contributed by atoms with Crippen molar-refractivity contribution in [2.75, 3.05) is 13.2 Å². The molecule has 0 radical (unpaired) electrons. The molecule has 25 heavy (non-hydrogen) atoms. The van der Waals surface area contributed by atoms with Crippen molar-refractivity contribution < 1.29 is 13.9 Å². The third-order valence-corrected chi connectivity index (χ3v) is 3.32. The lowest BCUT2D eigenvalue weighted by Gasteiger charge is -2.05. The fourth-order valence-electron chi connectivity index (χ4n) is 2.13. The Morgan fingerprint density at radius 1 is 1.16 bits per heavy atom. The first-order chi connectivity index (χ1) is 12.2. The highest BCUT2D eigenvalue weighted by atomic mass is 16.5. The van der Waals surface area contributed by atoms with Crippen molar-refractivity contribution in [3.05, 3.63) is 70.9 Å². The van der Waals surface area contributed by atoms with Crippen LogP contribution in [0.15, 0.2) is 64.1 Å². The van der Waals surface area contributed by atoms with Crippen molar-refractivity contribution in [3.63, 3.8) is 0 Å². The summed E-state index contributed by atoms with van der Waals surface area (Å²) in [7, 11) is 0. The van der Waals surface area contributed by atoms with Gasteiger partial charge in [0.2, 0.25) is 0 Å². The van der Waals surface area contributed by atoms with Gasteiger partial charge in [-0.25, -0.2) is 4.79 Å². The molecule has 1 amide bonds. The third kappa shape index (κ3) is 4.24. The summed E-state index contributed by atoms with van der Waals surface area (Å²) in [4.78, 5) is 26.9. The summed E-state index contributed by atoms with van der Waals surface area (Å²) in [5.74, 6) is 5.92. The summed E-state index contributed by atoms with van der Waals surface area (Å²) in [6.07, 6.45) is 2.82. The summed E-state index contributed by atoms with van der Waals surface area (Å²) < 4.78 is 10.3. The number of carbonyl (C=O) groups is 1. The molecule has 6 nitrogen and oxygen atoms in total. The minimum Gasteiger partial charge on any atom is -0.479 e. The summed E-state index contributed by atoms with van der Waals surface area (Å²) in [5.41, 5.74) is 0.543. The highest BCUT2D eigenvalue weighted by Gasteiger charge is 2.04. The fraction of sp³-hybridized carbons (Fsp3) is 0.105. The number of hydrogen-bond donors (Lipinski definition) is 1. The molecule has 0 unspecified atom stereocenters. The molecule has 0 aliphatic rings. The molecular formula is C19H14N2O4. The number of fused-ring (bicyclic) bond motifs is 1. The molecule has 0 spiro atoms. The van der Waals surface area contributed by atoms with E-state index in [0.717, 1.165) is 17.2 Å². The lowest BCUT2D eigenvalue weighted by atomic mass is 10.2. The zero-order valence-electron chi connectivity index (χ0n) is 13.2. The second-order valence-corrected chi connectivity index (χ2v) is 5.00. The smallest absolute Gasteiger partial charge is 0.335 e. The van der Waals surface area contributed by atoms with Crippen LogP contribution in [0.5, 0.6) is 5.75 Å². The van der Waals surface area contributed by atoms with Gasteiger partial charge >= 0.3 is 5.63 Å². The molecule has 0 aliphatic heterocycles. The number of hydrogen-bond acceptors (Lipinski definition) is 5. The molecule has 1 aromatic carbocycles. The first-order valence-corrected chi connectivity index (χ1v) is 7.53. The number of pyridine rings is 1. The van der Waals surface area contributed by atoms with Crippen LogP contribution in [-0.2, 0) is 0 Å². The molecule has 0 saturated carbocycles. The average molecular weight is 334 g/mol. The number of para-hydroxylation sites is 1. The van der Waals surface area contributed by atoms with Crippen molar-refractivity contribution in [1.82, 2.24) is 10.3 Å². The summed E-state index contributed by atoms with van der Waals surface area (Å²) in [5, 5.41) is 3.60. The van der Waals surface area contributed by atoms with Gasteiger partial charge in [-0.15, -0.1) is 0 Å². The number of nitrogens with one attached hydrogen (secondary N) is 1. The standard InChI is InChI=1S/C19H14N2O4/c22-17-9-8-15(13-25-17)19(23)21-10-1-2-12-24-16-7-3-5-14-6-4-11-20-18(14)16/h3-9,11,13H,10,12H2,(H,21,23). The number of ether oxygens (including phenoxy) is 1. The molecule has 124 valence electrons. The van der Waals surface area contributed by atoms with E-state index >= 15 is 0 Å². The van der Waals surface area contributed by atoms with Gasteiger partial charge in [0.25, 0.3) is 5.91 Å². The highest BCUT2D eigenvalue weighted by molar-refractivity contribution is 5.93. The maximum Gasteiger partial charge on any atom is 0.335 e. The molecule has 0 fully saturated rings. The van der Waals surface area contributed by atoms with Crippen molar-refractivity contribution in [2.45, 2.75) is 0 Å². The summed E-state index contributed by atoms with van der Waals surface area (Å²) >= 11 is 0. The number of rotatable bonds is 4. The maximum atomic E-state index is 11.8. The zero-order valence-corrected chi connectivity index (χ0v) is 13.2. The van der Waals surface area contributed by atoms with Gasteiger partial charge in [-0.2, -0.15) is 0 Å². The minimum atomic E-state index is -0.503. The van der Waals surface area contributed by atoms with Gasteiger partial charge in [0, 0.05) is 17.6 Å². The summed E-state index contributed by atoms with van der Waals surface area (Å²) in [6, 6.07) is 12.1. The number of aromatic nitrogens is 1. The van der Waals surface area contributed by atoms with E-state index in [1.807, 2.05) is 30.3 Å². The van der Waals surface area contributed by atoms with Crippen molar-refractivity contribution in [2.24, 2.45) is 0 Å². The van der Waals surface area contributed by atoms with Crippen LogP contribution in [0.3, 0.4) is 0 Å². The Morgan fingerprint density at radius 2 is 2.04 bits per heavy atom. The number of amides is 1. The second kappa shape index (κ2) is 7.79. The molecule has 0 aliphatic carbocycles. The number of nitrogens with zero attached hydrogens (tertiary/aromatic N) is 1. The van der Waals surface area contributed by atoms with Crippen LogP contribution in [0.25, 0.3) is 10.9 Å². The maximum absolute atomic E-state index is 11.8. The van der Waals surface area contributed by atoms with Gasteiger partial charge in [0.15, 0.2) is 0 Å².